The van der Waals surface area contributed by atoms with Crippen molar-refractivity contribution in [3.63, 3.8) is 0 Å². The van der Waals surface area contributed by atoms with E-state index in [2.05, 4.69) is 26.6 Å². The van der Waals surface area contributed by atoms with Crippen LogP contribution in [0, 0.1) is 10.1 Å². The van der Waals surface area contributed by atoms with Gasteiger partial charge in [-0.15, -0.1) is 0 Å². The van der Waals surface area contributed by atoms with E-state index in [0.29, 0.717) is 24.2 Å². The summed E-state index contributed by atoms with van der Waals surface area (Å²) < 4.78 is 23.0. The molecule has 0 spiro atoms. The highest BCUT2D eigenvalue weighted by Gasteiger charge is 2.48. The Morgan fingerprint density at radius 1 is 0.968 bits per heavy atom. The standard InChI is InChI=1S/C42H53N7O13/c1-23(45-41(56)24(2)61-38-36(46-25(3)51)42(62-32(21-50)37(38)53)60-22-26-11-5-4-6-12-26)40(55)48-30(39(43)54)17-18-33(52)59-20-10-19-44-35-27-13-7-8-14-28(27)47-29-15-9-16-31(34(29)35)49(57)58/h4-9,11-16,23-24,30,32,35-38,42,44,47,50,53H,10,17-22H2,1-3H3,(H2,43,54)(H,45,56)(H,46,51)(H,48,55)/t23-,24+,30-,32+,35+,36-,37-,38+,42+/m0/s1. The minimum absolute atomic E-state index is 0.00238. The van der Waals surface area contributed by atoms with Gasteiger partial charge in [0.25, 0.3) is 5.69 Å². The number of nitro groups is 1. The lowest BCUT2D eigenvalue weighted by atomic mass is 9.90. The van der Waals surface area contributed by atoms with E-state index < -0.39 is 96.0 Å². The molecule has 0 bridgehead atoms. The summed E-state index contributed by atoms with van der Waals surface area (Å²) in [6, 6.07) is 17.2. The summed E-state index contributed by atoms with van der Waals surface area (Å²) in [5.41, 5.74) is 9.00. The molecular formula is C42H53N7O13. The van der Waals surface area contributed by atoms with Crippen LogP contribution in [0.1, 0.15) is 62.8 Å². The number of nitrogens with one attached hydrogen (secondary N) is 5. The molecule has 3 aromatic rings. The van der Waals surface area contributed by atoms with Crippen LogP contribution >= 0.6 is 0 Å². The molecule has 334 valence electrons. The van der Waals surface area contributed by atoms with Crippen LogP contribution in [0.25, 0.3) is 0 Å². The normalized spacial score (nSPS) is 21.7. The van der Waals surface area contributed by atoms with Gasteiger partial charge < -0.3 is 61.5 Å². The first kappa shape index (κ1) is 47.0. The molecule has 20 heteroatoms. The third kappa shape index (κ3) is 12.3. The van der Waals surface area contributed by atoms with E-state index in [-0.39, 0.29) is 31.7 Å². The first-order valence-corrected chi connectivity index (χ1v) is 20.1. The molecule has 1 fully saturated rings. The number of nitro benzene ring substituents is 1. The fourth-order valence-corrected chi connectivity index (χ4v) is 7.13. The summed E-state index contributed by atoms with van der Waals surface area (Å²) in [5.74, 6) is -3.69. The van der Waals surface area contributed by atoms with Crippen LogP contribution in [0.2, 0.25) is 0 Å². The minimum atomic E-state index is -1.51. The molecular weight excluding hydrogens is 810 g/mol. The zero-order valence-electron chi connectivity index (χ0n) is 34.5. The molecule has 0 saturated carbocycles. The number of amides is 4. The summed E-state index contributed by atoms with van der Waals surface area (Å²) >= 11 is 0. The number of hydrogen-bond donors (Lipinski definition) is 8. The van der Waals surface area contributed by atoms with E-state index in [9.17, 15) is 44.3 Å². The molecule has 4 amide bonds. The monoisotopic (exact) mass is 863 g/mol. The number of benzene rings is 3. The summed E-state index contributed by atoms with van der Waals surface area (Å²) in [6.45, 7) is 3.69. The van der Waals surface area contributed by atoms with Gasteiger partial charge in [-0.3, -0.25) is 34.1 Å². The van der Waals surface area contributed by atoms with E-state index in [0.717, 1.165) is 16.8 Å². The number of anilines is 2. The predicted molar refractivity (Wildman–Crippen MR) is 221 cm³/mol. The van der Waals surface area contributed by atoms with Crippen LogP contribution in [-0.2, 0) is 49.5 Å². The number of aliphatic hydroxyl groups excluding tert-OH is 2. The molecule has 0 unspecified atom stereocenters. The van der Waals surface area contributed by atoms with Gasteiger partial charge in [0.1, 0.15) is 42.5 Å². The van der Waals surface area contributed by atoms with Crippen molar-refractivity contribution in [3.8, 4) is 0 Å². The number of nitrogens with two attached hydrogens (primary N) is 1. The Morgan fingerprint density at radius 3 is 2.37 bits per heavy atom. The Balaban J connectivity index is 1.08. The van der Waals surface area contributed by atoms with Crippen molar-refractivity contribution < 1.29 is 58.1 Å². The average Bonchev–Trinajstić information content (AvgIpc) is 3.25. The minimum Gasteiger partial charge on any atom is -0.466 e. The molecule has 3 aromatic carbocycles. The number of para-hydroxylation sites is 1. The van der Waals surface area contributed by atoms with Crippen molar-refractivity contribution in [2.45, 2.75) is 102 Å². The zero-order valence-corrected chi connectivity index (χ0v) is 34.5. The fourth-order valence-electron chi connectivity index (χ4n) is 7.13. The number of ether oxygens (including phenoxy) is 4. The predicted octanol–water partition coefficient (Wildman–Crippen LogP) is 1.09. The number of fused-ring (bicyclic) bond motifs is 2. The molecule has 20 nitrogen and oxygen atoms in total. The number of carbonyl (C=O) groups excluding carboxylic acids is 5. The lowest BCUT2D eigenvalue weighted by molar-refractivity contribution is -0.385. The van der Waals surface area contributed by atoms with Crippen molar-refractivity contribution in [3.05, 3.63) is 99.6 Å². The van der Waals surface area contributed by atoms with Gasteiger partial charge in [0.2, 0.25) is 23.6 Å². The molecule has 62 heavy (non-hydrogen) atoms. The zero-order chi connectivity index (χ0) is 44.9. The Hall–Kier alpha value is -6.03. The third-order valence-electron chi connectivity index (χ3n) is 10.3. The van der Waals surface area contributed by atoms with Crippen molar-refractivity contribution in [1.82, 2.24) is 21.3 Å². The SMILES string of the molecule is CC(=O)N[C@@H]1[C@H](OCc2ccccc2)O[C@H](CO)[C@H](O)[C@@H]1O[C@H](C)C(=O)N[C@@H](C)C(=O)N[C@@H](CCC(=O)OCCCN[C@@H]1c2ccccc2Nc2cccc([N+](=O)[O-])c21)C(N)=O. The molecule has 2 heterocycles. The maximum atomic E-state index is 13.2. The topological polar surface area (TPSA) is 292 Å². The average molecular weight is 864 g/mol. The lowest BCUT2D eigenvalue weighted by Gasteiger charge is -2.44. The molecule has 0 aromatic heterocycles. The van der Waals surface area contributed by atoms with E-state index >= 15 is 0 Å². The van der Waals surface area contributed by atoms with Crippen molar-refractivity contribution >= 4 is 46.7 Å². The van der Waals surface area contributed by atoms with Crippen molar-refractivity contribution in [1.29, 1.82) is 0 Å². The van der Waals surface area contributed by atoms with E-state index in [1.807, 2.05) is 54.6 Å². The number of hydrogen-bond acceptors (Lipinski definition) is 15. The summed E-state index contributed by atoms with van der Waals surface area (Å²) in [6.07, 6.45) is -6.65. The highest BCUT2D eigenvalue weighted by Crippen LogP contribution is 2.43. The smallest absolute Gasteiger partial charge is 0.305 e. The summed E-state index contributed by atoms with van der Waals surface area (Å²) in [4.78, 5) is 74.8. The highest BCUT2D eigenvalue weighted by molar-refractivity contribution is 5.92. The van der Waals surface area contributed by atoms with Crippen LogP contribution in [0.15, 0.2) is 72.8 Å². The van der Waals surface area contributed by atoms with Gasteiger partial charge in [0, 0.05) is 25.1 Å². The van der Waals surface area contributed by atoms with Crippen LogP contribution in [-0.4, -0.2) is 113 Å². The maximum Gasteiger partial charge on any atom is 0.305 e. The Morgan fingerprint density at radius 2 is 1.68 bits per heavy atom. The second-order valence-electron chi connectivity index (χ2n) is 14.9. The first-order valence-electron chi connectivity index (χ1n) is 20.1. The van der Waals surface area contributed by atoms with Crippen LogP contribution in [0.5, 0.6) is 0 Å². The molecule has 0 aliphatic carbocycles. The number of aliphatic hydroxyl groups is 2. The van der Waals surface area contributed by atoms with Gasteiger partial charge >= 0.3 is 5.97 Å². The van der Waals surface area contributed by atoms with Gasteiger partial charge in [-0.25, -0.2) is 0 Å². The number of primary amides is 1. The second kappa shape index (κ2) is 22.2. The molecule has 2 aliphatic rings. The largest absolute Gasteiger partial charge is 0.466 e. The van der Waals surface area contributed by atoms with E-state index in [1.165, 1.54) is 26.8 Å². The van der Waals surface area contributed by atoms with Crippen LogP contribution in [0.3, 0.4) is 0 Å². The number of esters is 1. The second-order valence-corrected chi connectivity index (χ2v) is 14.9. The molecule has 2 aliphatic heterocycles. The summed E-state index contributed by atoms with van der Waals surface area (Å²) in [7, 11) is 0. The Kier molecular flexibility index (Phi) is 16.8. The first-order chi connectivity index (χ1) is 29.7. The molecule has 9 atom stereocenters. The van der Waals surface area contributed by atoms with Gasteiger partial charge in [0.15, 0.2) is 6.29 Å². The van der Waals surface area contributed by atoms with Gasteiger partial charge in [-0.1, -0.05) is 54.6 Å². The number of carbonyl (C=O) groups is 5. The van der Waals surface area contributed by atoms with Crippen molar-refractivity contribution in [2.75, 3.05) is 25.1 Å². The summed E-state index contributed by atoms with van der Waals surface area (Å²) in [5, 5.41) is 47.0. The van der Waals surface area contributed by atoms with Gasteiger partial charge in [-0.2, -0.15) is 0 Å². The molecule has 0 radical (unpaired) electrons. The van der Waals surface area contributed by atoms with Crippen LogP contribution in [0.4, 0.5) is 17.1 Å². The van der Waals surface area contributed by atoms with Crippen molar-refractivity contribution in [2.24, 2.45) is 5.73 Å². The van der Waals surface area contributed by atoms with E-state index in [4.69, 9.17) is 24.7 Å². The number of rotatable bonds is 21. The fraction of sp³-hybridized carbons (Fsp3) is 0.452. The Bertz CT molecular complexity index is 2060. The third-order valence-corrected chi connectivity index (χ3v) is 10.3. The molecule has 5 rings (SSSR count). The van der Waals surface area contributed by atoms with Crippen LogP contribution < -0.4 is 32.3 Å². The van der Waals surface area contributed by atoms with Gasteiger partial charge in [0.05, 0.1) is 42.0 Å². The van der Waals surface area contributed by atoms with E-state index in [1.54, 1.807) is 12.1 Å². The lowest BCUT2D eigenvalue weighted by Crippen LogP contribution is -2.66. The number of nitrogens with zero attached hydrogens (tertiary/aromatic N) is 1. The Labute approximate surface area is 357 Å². The highest BCUT2D eigenvalue weighted by atomic mass is 16.7. The van der Waals surface area contributed by atoms with Gasteiger partial charge in [-0.05, 0) is 56.5 Å². The molecule has 1 saturated heterocycles. The maximum absolute atomic E-state index is 13.2. The molecule has 9 N–H and O–H groups in total. The quantitative estimate of drug-likeness (QED) is 0.0322.